The molecule has 6 heteroatoms. The van der Waals surface area contributed by atoms with Crippen molar-refractivity contribution in [2.24, 2.45) is 0 Å². The summed E-state index contributed by atoms with van der Waals surface area (Å²) >= 11 is 1.47. The molecule has 0 aliphatic carbocycles. The van der Waals surface area contributed by atoms with Gasteiger partial charge in [0, 0.05) is 37.0 Å². The summed E-state index contributed by atoms with van der Waals surface area (Å²) in [5.41, 5.74) is 1.67. The van der Waals surface area contributed by atoms with E-state index in [1.165, 1.54) is 11.3 Å². The van der Waals surface area contributed by atoms with Gasteiger partial charge in [0.05, 0.1) is 16.4 Å². The third kappa shape index (κ3) is 4.07. The van der Waals surface area contributed by atoms with E-state index >= 15 is 0 Å². The number of thiazole rings is 1. The Bertz CT molecular complexity index is 609. The lowest BCUT2D eigenvalue weighted by molar-refractivity contribution is 0.0943. The van der Waals surface area contributed by atoms with Crippen molar-refractivity contribution in [3.63, 3.8) is 0 Å². The third-order valence-corrected chi connectivity index (χ3v) is 4.48. The van der Waals surface area contributed by atoms with Gasteiger partial charge in [-0.2, -0.15) is 0 Å². The molecule has 0 aliphatic heterocycles. The molecule has 2 aromatic heterocycles. The molecule has 1 N–H and O–H groups in total. The van der Waals surface area contributed by atoms with Crippen LogP contribution in [0.3, 0.4) is 0 Å². The molecule has 0 aliphatic rings. The summed E-state index contributed by atoms with van der Waals surface area (Å²) < 4.78 is 0. The van der Waals surface area contributed by atoms with Gasteiger partial charge in [-0.25, -0.2) is 4.98 Å². The quantitative estimate of drug-likeness (QED) is 0.922. The molecule has 0 fully saturated rings. The molecule has 21 heavy (non-hydrogen) atoms. The average Bonchev–Trinajstić information content (AvgIpc) is 2.82. The third-order valence-electron chi connectivity index (χ3n) is 3.02. The first-order chi connectivity index (χ1) is 9.97. The van der Waals surface area contributed by atoms with Crippen molar-refractivity contribution in [2.45, 2.75) is 46.1 Å². The molecule has 0 spiro atoms. The van der Waals surface area contributed by atoms with Gasteiger partial charge in [0.2, 0.25) is 0 Å². The van der Waals surface area contributed by atoms with E-state index < -0.39 is 0 Å². The van der Waals surface area contributed by atoms with Crippen LogP contribution in [0.4, 0.5) is 0 Å². The molecule has 0 bridgehead atoms. The summed E-state index contributed by atoms with van der Waals surface area (Å²) in [4.78, 5) is 25.7. The van der Waals surface area contributed by atoms with E-state index in [9.17, 15) is 4.79 Å². The zero-order valence-electron chi connectivity index (χ0n) is 12.8. The first-order valence-corrected chi connectivity index (χ1v) is 7.82. The molecule has 0 saturated heterocycles. The van der Waals surface area contributed by atoms with E-state index in [0.29, 0.717) is 17.2 Å². The minimum absolute atomic E-state index is 0.00167. The fourth-order valence-electron chi connectivity index (χ4n) is 1.96. The summed E-state index contributed by atoms with van der Waals surface area (Å²) in [7, 11) is 0. The monoisotopic (exact) mass is 304 g/mol. The summed E-state index contributed by atoms with van der Waals surface area (Å²) in [5.74, 6) is 0.278. The number of carbonyl (C=O) groups excluding carboxylic acids is 1. The topological polar surface area (TPSA) is 67.8 Å². The second kappa shape index (κ2) is 6.76. The number of amides is 1. The van der Waals surface area contributed by atoms with E-state index in [0.717, 1.165) is 16.4 Å². The van der Waals surface area contributed by atoms with Crippen LogP contribution >= 0.6 is 11.3 Å². The van der Waals surface area contributed by atoms with Crippen molar-refractivity contribution in [1.82, 2.24) is 20.3 Å². The number of hydrogen-bond donors (Lipinski definition) is 1. The molecule has 112 valence electrons. The molecule has 1 atom stereocenters. The van der Waals surface area contributed by atoms with Crippen LogP contribution in [-0.4, -0.2) is 26.9 Å². The fourth-order valence-corrected chi connectivity index (χ4v) is 2.94. The Morgan fingerprint density at radius 3 is 2.67 bits per heavy atom. The van der Waals surface area contributed by atoms with E-state index in [1.54, 1.807) is 18.6 Å². The second-order valence-electron chi connectivity index (χ2n) is 5.40. The summed E-state index contributed by atoms with van der Waals surface area (Å²) in [6.07, 6.45) is 5.68. The molecule has 5 nitrogen and oxygen atoms in total. The molecule has 2 heterocycles. The maximum absolute atomic E-state index is 12.3. The number of aromatic nitrogens is 3. The van der Waals surface area contributed by atoms with Crippen LogP contribution in [0.2, 0.25) is 0 Å². The minimum atomic E-state index is -0.0618. The number of hydrogen-bond acceptors (Lipinski definition) is 5. The largest absolute Gasteiger partial charge is 0.348 e. The zero-order valence-corrected chi connectivity index (χ0v) is 13.6. The van der Waals surface area contributed by atoms with Gasteiger partial charge in [-0.15, -0.1) is 11.3 Å². The van der Waals surface area contributed by atoms with Gasteiger partial charge < -0.3 is 5.32 Å². The molecular formula is C15H20N4OS. The molecule has 0 saturated carbocycles. The van der Waals surface area contributed by atoms with Gasteiger partial charge >= 0.3 is 0 Å². The van der Waals surface area contributed by atoms with Crippen molar-refractivity contribution < 1.29 is 4.79 Å². The van der Waals surface area contributed by atoms with Crippen molar-refractivity contribution in [1.29, 1.82) is 0 Å². The first kappa shape index (κ1) is 15.6. The molecule has 0 radical (unpaired) electrons. The number of rotatable bonds is 5. The Balaban J connectivity index is 2.01. The normalized spacial score (nSPS) is 12.4. The second-order valence-corrected chi connectivity index (χ2v) is 6.43. The Morgan fingerprint density at radius 1 is 1.33 bits per heavy atom. The lowest BCUT2D eigenvalue weighted by Crippen LogP contribution is -2.34. The highest BCUT2D eigenvalue weighted by molar-refractivity contribution is 7.13. The van der Waals surface area contributed by atoms with Crippen LogP contribution in [0.1, 0.15) is 52.8 Å². The molecular weight excluding hydrogens is 284 g/mol. The molecule has 1 amide bonds. The predicted octanol–water partition coefficient (Wildman–Crippen LogP) is 2.73. The van der Waals surface area contributed by atoms with E-state index in [1.807, 2.05) is 13.8 Å². The minimum Gasteiger partial charge on any atom is -0.348 e. The number of carbonyl (C=O) groups is 1. The SMILES string of the molecule is Cc1nc(C(C)C)sc1C(=O)N[C@H](C)Cc1cnccn1. The van der Waals surface area contributed by atoms with Crippen LogP contribution in [0, 0.1) is 6.92 Å². The van der Waals surface area contributed by atoms with Crippen molar-refractivity contribution in [3.8, 4) is 0 Å². The highest BCUT2D eigenvalue weighted by atomic mass is 32.1. The van der Waals surface area contributed by atoms with Crippen molar-refractivity contribution in [2.75, 3.05) is 0 Å². The Hall–Kier alpha value is -1.82. The lowest BCUT2D eigenvalue weighted by atomic mass is 10.2. The predicted molar refractivity (Wildman–Crippen MR) is 83.6 cm³/mol. The maximum Gasteiger partial charge on any atom is 0.263 e. The Kier molecular flexibility index (Phi) is 5.01. The van der Waals surface area contributed by atoms with Crippen molar-refractivity contribution in [3.05, 3.63) is 39.9 Å². The summed E-state index contributed by atoms with van der Waals surface area (Å²) in [5, 5.41) is 4.00. The average molecular weight is 304 g/mol. The van der Waals surface area contributed by atoms with Gasteiger partial charge in [-0.05, 0) is 13.8 Å². The van der Waals surface area contributed by atoms with Crippen molar-refractivity contribution >= 4 is 17.2 Å². The lowest BCUT2D eigenvalue weighted by Gasteiger charge is -2.12. The fraction of sp³-hybridized carbons (Fsp3) is 0.467. The van der Waals surface area contributed by atoms with Gasteiger partial charge in [0.25, 0.3) is 5.91 Å². The highest BCUT2D eigenvalue weighted by Gasteiger charge is 2.18. The molecule has 2 rings (SSSR count). The van der Waals surface area contributed by atoms with Crippen LogP contribution < -0.4 is 5.32 Å². The maximum atomic E-state index is 12.3. The van der Waals surface area contributed by atoms with E-state index in [-0.39, 0.29) is 11.9 Å². The summed E-state index contributed by atoms with van der Waals surface area (Å²) in [6.45, 7) is 8.00. The Labute approximate surface area is 128 Å². The smallest absolute Gasteiger partial charge is 0.263 e. The Morgan fingerprint density at radius 2 is 2.10 bits per heavy atom. The van der Waals surface area contributed by atoms with Crippen LogP contribution in [0.25, 0.3) is 0 Å². The molecule has 0 aromatic carbocycles. The standard InChI is InChI=1S/C15H20N4OS/c1-9(2)15-19-11(4)13(21-15)14(20)18-10(3)7-12-8-16-5-6-17-12/h5-6,8-10H,7H2,1-4H3,(H,18,20)/t10-/m1/s1. The number of nitrogens with zero attached hydrogens (tertiary/aromatic N) is 3. The van der Waals surface area contributed by atoms with Crippen LogP contribution in [0.5, 0.6) is 0 Å². The number of aryl methyl sites for hydroxylation is 1. The van der Waals surface area contributed by atoms with Gasteiger partial charge in [0.15, 0.2) is 0 Å². The van der Waals surface area contributed by atoms with E-state index in [4.69, 9.17) is 0 Å². The number of nitrogens with one attached hydrogen (secondary N) is 1. The zero-order chi connectivity index (χ0) is 15.4. The van der Waals surface area contributed by atoms with E-state index in [2.05, 4.69) is 34.1 Å². The van der Waals surface area contributed by atoms with Crippen LogP contribution in [0.15, 0.2) is 18.6 Å². The summed E-state index contributed by atoms with van der Waals surface area (Å²) in [6, 6.07) is -0.00167. The molecule has 0 unspecified atom stereocenters. The first-order valence-electron chi connectivity index (χ1n) is 7.00. The van der Waals surface area contributed by atoms with Crippen LogP contribution in [-0.2, 0) is 6.42 Å². The van der Waals surface area contributed by atoms with Gasteiger partial charge in [-0.1, -0.05) is 13.8 Å². The van der Waals surface area contributed by atoms with Gasteiger partial charge in [0.1, 0.15) is 4.88 Å². The highest BCUT2D eigenvalue weighted by Crippen LogP contribution is 2.24. The van der Waals surface area contributed by atoms with Gasteiger partial charge in [-0.3, -0.25) is 14.8 Å². The molecule has 2 aromatic rings.